The van der Waals surface area contributed by atoms with Gasteiger partial charge in [-0.3, -0.25) is 4.79 Å². The van der Waals surface area contributed by atoms with Gasteiger partial charge in [-0.2, -0.15) is 0 Å². The average Bonchev–Trinajstić information content (AvgIpc) is 2.85. The van der Waals surface area contributed by atoms with Crippen molar-refractivity contribution in [2.24, 2.45) is 0 Å². The van der Waals surface area contributed by atoms with E-state index >= 15 is 0 Å². The molecule has 1 aromatic carbocycles. The lowest BCUT2D eigenvalue weighted by Gasteiger charge is -2.23. The Hall–Kier alpha value is -1.39. The number of aliphatic hydroxyl groups is 1. The molecular formula is C14H20N2O2. The molecule has 18 heavy (non-hydrogen) atoms. The fourth-order valence-corrected chi connectivity index (χ4v) is 2.23. The Balaban J connectivity index is 1.88. The van der Waals surface area contributed by atoms with E-state index in [1.165, 1.54) is 0 Å². The lowest BCUT2D eigenvalue weighted by Crippen LogP contribution is -2.50. The van der Waals surface area contributed by atoms with E-state index in [4.69, 9.17) is 5.11 Å². The highest BCUT2D eigenvalue weighted by Gasteiger charge is 2.35. The van der Waals surface area contributed by atoms with E-state index in [-0.39, 0.29) is 12.5 Å². The van der Waals surface area contributed by atoms with Crippen molar-refractivity contribution in [3.05, 3.63) is 35.4 Å². The highest BCUT2D eigenvalue weighted by Crippen LogP contribution is 2.18. The van der Waals surface area contributed by atoms with Gasteiger partial charge < -0.3 is 15.7 Å². The van der Waals surface area contributed by atoms with Crippen molar-refractivity contribution in [2.75, 3.05) is 6.54 Å². The Bertz CT molecular complexity index is 408. The van der Waals surface area contributed by atoms with Crippen molar-refractivity contribution in [1.82, 2.24) is 10.6 Å². The number of aliphatic hydroxyl groups excluding tert-OH is 1. The van der Waals surface area contributed by atoms with Crippen LogP contribution in [-0.4, -0.2) is 23.1 Å². The summed E-state index contributed by atoms with van der Waals surface area (Å²) in [6, 6.07) is 7.60. The molecule has 4 heteroatoms. The van der Waals surface area contributed by atoms with Crippen LogP contribution in [0.5, 0.6) is 0 Å². The van der Waals surface area contributed by atoms with Gasteiger partial charge in [0.15, 0.2) is 0 Å². The van der Waals surface area contributed by atoms with Crippen LogP contribution in [0.25, 0.3) is 0 Å². The van der Waals surface area contributed by atoms with E-state index in [1.807, 2.05) is 31.2 Å². The molecule has 0 bridgehead atoms. The van der Waals surface area contributed by atoms with Crippen molar-refractivity contribution in [2.45, 2.75) is 38.5 Å². The van der Waals surface area contributed by atoms with Crippen LogP contribution in [0.3, 0.4) is 0 Å². The number of benzene rings is 1. The number of carbonyl (C=O) groups is 1. The molecule has 0 saturated carbocycles. The summed E-state index contributed by atoms with van der Waals surface area (Å²) in [5.74, 6) is 0.0613. The lowest BCUT2D eigenvalue weighted by molar-refractivity contribution is -0.126. The van der Waals surface area contributed by atoms with Crippen LogP contribution >= 0.6 is 0 Å². The number of hydrogen-bond acceptors (Lipinski definition) is 3. The first-order valence-electron chi connectivity index (χ1n) is 6.36. The number of rotatable bonds is 4. The van der Waals surface area contributed by atoms with Gasteiger partial charge in [-0.25, -0.2) is 0 Å². The van der Waals surface area contributed by atoms with Gasteiger partial charge in [-0.15, -0.1) is 0 Å². The predicted molar refractivity (Wildman–Crippen MR) is 69.9 cm³/mol. The monoisotopic (exact) mass is 248 g/mol. The molecule has 1 unspecified atom stereocenters. The molecule has 0 spiro atoms. The van der Waals surface area contributed by atoms with Crippen LogP contribution in [0.1, 0.15) is 30.9 Å². The Kier molecular flexibility index (Phi) is 3.99. The van der Waals surface area contributed by atoms with Crippen molar-refractivity contribution >= 4 is 5.91 Å². The summed E-state index contributed by atoms with van der Waals surface area (Å²) in [5.41, 5.74) is 1.52. The fourth-order valence-electron chi connectivity index (χ4n) is 2.23. The minimum Gasteiger partial charge on any atom is -0.392 e. The Morgan fingerprint density at radius 3 is 2.61 bits per heavy atom. The molecule has 1 saturated heterocycles. The normalized spacial score (nSPS) is 23.0. The molecule has 3 N–H and O–H groups in total. The van der Waals surface area contributed by atoms with Gasteiger partial charge in [0, 0.05) is 6.54 Å². The second-order valence-corrected chi connectivity index (χ2v) is 5.02. The highest BCUT2D eigenvalue weighted by molar-refractivity contribution is 5.86. The Morgan fingerprint density at radius 2 is 2.06 bits per heavy atom. The molecule has 2 rings (SSSR count). The minimum atomic E-state index is -0.412. The fraction of sp³-hybridized carbons (Fsp3) is 0.500. The zero-order valence-electron chi connectivity index (χ0n) is 10.7. The van der Waals surface area contributed by atoms with Gasteiger partial charge in [0.25, 0.3) is 0 Å². The third-order valence-electron chi connectivity index (χ3n) is 3.53. The quantitative estimate of drug-likeness (QED) is 0.743. The van der Waals surface area contributed by atoms with Crippen molar-refractivity contribution < 1.29 is 9.90 Å². The van der Waals surface area contributed by atoms with Crippen molar-refractivity contribution in [3.63, 3.8) is 0 Å². The van der Waals surface area contributed by atoms with Crippen LogP contribution in [0.15, 0.2) is 24.3 Å². The Morgan fingerprint density at radius 1 is 1.39 bits per heavy atom. The molecule has 1 aliphatic heterocycles. The predicted octanol–water partition coefficient (Wildman–Crippen LogP) is 0.937. The average molecular weight is 248 g/mol. The zero-order chi connectivity index (χ0) is 13.0. The highest BCUT2D eigenvalue weighted by atomic mass is 16.3. The molecule has 0 radical (unpaired) electrons. The molecule has 1 atom stereocenters. The summed E-state index contributed by atoms with van der Waals surface area (Å²) in [5, 5.41) is 15.1. The van der Waals surface area contributed by atoms with E-state index in [0.717, 1.165) is 30.5 Å². The first kappa shape index (κ1) is 13.1. The third kappa shape index (κ3) is 2.89. The van der Waals surface area contributed by atoms with Gasteiger partial charge in [0.1, 0.15) is 0 Å². The maximum absolute atomic E-state index is 12.0. The second-order valence-electron chi connectivity index (χ2n) is 5.02. The summed E-state index contributed by atoms with van der Waals surface area (Å²) in [7, 11) is 0. The van der Waals surface area contributed by atoms with Gasteiger partial charge in [0.2, 0.25) is 5.91 Å². The number of hydrogen-bond donors (Lipinski definition) is 3. The van der Waals surface area contributed by atoms with Crippen LogP contribution < -0.4 is 10.6 Å². The molecule has 1 heterocycles. The third-order valence-corrected chi connectivity index (χ3v) is 3.53. The van der Waals surface area contributed by atoms with E-state index < -0.39 is 5.54 Å². The number of amides is 1. The molecule has 1 aliphatic rings. The molecule has 98 valence electrons. The van der Waals surface area contributed by atoms with Crippen LogP contribution in [0, 0.1) is 0 Å². The van der Waals surface area contributed by atoms with Gasteiger partial charge >= 0.3 is 0 Å². The molecule has 1 amide bonds. The van der Waals surface area contributed by atoms with Crippen LogP contribution in [0.2, 0.25) is 0 Å². The summed E-state index contributed by atoms with van der Waals surface area (Å²) in [6.07, 6.45) is 1.94. The molecule has 0 aliphatic carbocycles. The van der Waals surface area contributed by atoms with E-state index in [2.05, 4.69) is 10.6 Å². The number of carbonyl (C=O) groups excluding carboxylic acids is 1. The maximum Gasteiger partial charge on any atom is 0.240 e. The summed E-state index contributed by atoms with van der Waals surface area (Å²) in [6.45, 7) is 3.44. The van der Waals surface area contributed by atoms with Gasteiger partial charge in [0.05, 0.1) is 12.1 Å². The first-order valence-corrected chi connectivity index (χ1v) is 6.36. The topological polar surface area (TPSA) is 61.4 Å². The standard InChI is InChI=1S/C14H20N2O2/c1-14(7-2-8-16-14)13(18)15-9-11-3-5-12(10-17)6-4-11/h3-6,16-17H,2,7-10H2,1H3,(H,15,18). The van der Waals surface area contributed by atoms with Crippen LogP contribution in [-0.2, 0) is 17.9 Å². The summed E-state index contributed by atoms with van der Waals surface area (Å²) in [4.78, 5) is 12.0. The first-order chi connectivity index (χ1) is 8.64. The van der Waals surface area contributed by atoms with E-state index in [0.29, 0.717) is 6.54 Å². The summed E-state index contributed by atoms with van der Waals surface area (Å²) < 4.78 is 0. The lowest BCUT2D eigenvalue weighted by atomic mass is 9.99. The molecule has 0 aromatic heterocycles. The van der Waals surface area contributed by atoms with Crippen molar-refractivity contribution in [3.8, 4) is 0 Å². The van der Waals surface area contributed by atoms with Crippen molar-refractivity contribution in [1.29, 1.82) is 0 Å². The molecule has 1 aromatic rings. The largest absolute Gasteiger partial charge is 0.392 e. The van der Waals surface area contributed by atoms with Crippen LogP contribution in [0.4, 0.5) is 0 Å². The Labute approximate surface area is 107 Å². The molecule has 1 fully saturated rings. The maximum atomic E-state index is 12.0. The minimum absolute atomic E-state index is 0.0502. The molecular weight excluding hydrogens is 228 g/mol. The number of nitrogens with one attached hydrogen (secondary N) is 2. The SMILES string of the molecule is CC1(C(=O)NCc2ccc(CO)cc2)CCCN1. The van der Waals surface area contributed by atoms with Gasteiger partial charge in [-0.05, 0) is 37.4 Å². The molecule has 4 nitrogen and oxygen atoms in total. The van der Waals surface area contributed by atoms with E-state index in [1.54, 1.807) is 0 Å². The smallest absolute Gasteiger partial charge is 0.240 e. The summed E-state index contributed by atoms with van der Waals surface area (Å²) >= 11 is 0. The van der Waals surface area contributed by atoms with E-state index in [9.17, 15) is 4.79 Å². The van der Waals surface area contributed by atoms with Gasteiger partial charge in [-0.1, -0.05) is 24.3 Å². The second kappa shape index (κ2) is 5.50. The zero-order valence-corrected chi connectivity index (χ0v) is 10.7.